The van der Waals surface area contributed by atoms with E-state index in [4.69, 9.17) is 10.5 Å². The van der Waals surface area contributed by atoms with Crippen LogP contribution in [0.5, 0.6) is 5.75 Å². The van der Waals surface area contributed by atoms with Gasteiger partial charge in [-0.05, 0) is 43.7 Å². The highest BCUT2D eigenvalue weighted by Gasteiger charge is 2.35. The summed E-state index contributed by atoms with van der Waals surface area (Å²) < 4.78 is 18.3. The Morgan fingerprint density at radius 3 is 2.56 bits per heavy atom. The van der Waals surface area contributed by atoms with Crippen LogP contribution >= 0.6 is 0 Å². The maximum atomic E-state index is 12.7. The highest BCUT2D eigenvalue weighted by molar-refractivity contribution is 5.22. The molecule has 1 fully saturated rings. The lowest BCUT2D eigenvalue weighted by Gasteiger charge is -2.19. The molecule has 3 atom stereocenters. The predicted octanol–water partition coefficient (Wildman–Crippen LogP) is 1.30. The lowest BCUT2D eigenvalue weighted by Crippen LogP contribution is -2.33. The first-order valence-corrected chi connectivity index (χ1v) is 5.51. The van der Waals surface area contributed by atoms with Crippen molar-refractivity contribution in [2.75, 3.05) is 6.54 Å². The molecule has 0 saturated heterocycles. The SMILES string of the molecule is NC[C@H]1CC[C@@H](Oc2ccc(F)cc2)[C@@H]1O. The summed E-state index contributed by atoms with van der Waals surface area (Å²) in [6, 6.07) is 5.82. The Kier molecular flexibility index (Phi) is 3.41. The van der Waals surface area contributed by atoms with Gasteiger partial charge in [-0.1, -0.05) is 0 Å². The van der Waals surface area contributed by atoms with Crippen LogP contribution < -0.4 is 10.5 Å². The van der Waals surface area contributed by atoms with E-state index in [2.05, 4.69) is 0 Å². The molecule has 88 valence electrons. The van der Waals surface area contributed by atoms with E-state index in [-0.39, 0.29) is 17.8 Å². The standard InChI is InChI=1S/C12H16FNO2/c13-9-2-4-10(5-3-9)16-11-6-1-8(7-14)12(11)15/h2-5,8,11-12,15H,1,6-7,14H2/t8-,11-,12-/m1/s1. The molecular formula is C12H16FNO2. The van der Waals surface area contributed by atoms with Crippen molar-refractivity contribution in [1.82, 2.24) is 0 Å². The van der Waals surface area contributed by atoms with Gasteiger partial charge in [0.25, 0.3) is 0 Å². The molecule has 0 amide bonds. The van der Waals surface area contributed by atoms with Gasteiger partial charge in [-0.25, -0.2) is 4.39 Å². The van der Waals surface area contributed by atoms with E-state index in [1.54, 1.807) is 12.1 Å². The molecule has 1 aromatic rings. The molecule has 2 rings (SSSR count). The van der Waals surface area contributed by atoms with Gasteiger partial charge in [0, 0.05) is 5.92 Å². The predicted molar refractivity (Wildman–Crippen MR) is 58.6 cm³/mol. The third kappa shape index (κ3) is 2.33. The van der Waals surface area contributed by atoms with Crippen molar-refractivity contribution in [1.29, 1.82) is 0 Å². The summed E-state index contributed by atoms with van der Waals surface area (Å²) in [5, 5.41) is 9.89. The molecule has 0 aromatic heterocycles. The van der Waals surface area contributed by atoms with Crippen molar-refractivity contribution in [2.24, 2.45) is 11.7 Å². The molecule has 3 nitrogen and oxygen atoms in total. The van der Waals surface area contributed by atoms with Crippen molar-refractivity contribution >= 4 is 0 Å². The van der Waals surface area contributed by atoms with Gasteiger partial charge in [0.05, 0.1) is 6.10 Å². The molecule has 0 unspecified atom stereocenters. The fourth-order valence-corrected chi connectivity index (χ4v) is 2.10. The van der Waals surface area contributed by atoms with Crippen molar-refractivity contribution in [3.05, 3.63) is 30.1 Å². The fraction of sp³-hybridized carbons (Fsp3) is 0.500. The van der Waals surface area contributed by atoms with Gasteiger partial charge in [-0.2, -0.15) is 0 Å². The first-order chi connectivity index (χ1) is 7.70. The molecule has 3 N–H and O–H groups in total. The summed E-state index contributed by atoms with van der Waals surface area (Å²) >= 11 is 0. The number of aliphatic hydroxyl groups excluding tert-OH is 1. The number of aliphatic hydroxyl groups is 1. The number of hydrogen-bond acceptors (Lipinski definition) is 3. The van der Waals surface area contributed by atoms with Crippen LogP contribution in [0.1, 0.15) is 12.8 Å². The number of nitrogens with two attached hydrogens (primary N) is 1. The van der Waals surface area contributed by atoms with E-state index < -0.39 is 6.10 Å². The third-order valence-corrected chi connectivity index (χ3v) is 3.09. The second-order valence-corrected chi connectivity index (χ2v) is 4.17. The van der Waals surface area contributed by atoms with E-state index in [1.165, 1.54) is 12.1 Å². The smallest absolute Gasteiger partial charge is 0.125 e. The minimum Gasteiger partial charge on any atom is -0.488 e. The van der Waals surface area contributed by atoms with Crippen LogP contribution in [0.2, 0.25) is 0 Å². The summed E-state index contributed by atoms with van der Waals surface area (Å²) in [6.45, 7) is 0.477. The Morgan fingerprint density at radius 2 is 2.00 bits per heavy atom. The van der Waals surface area contributed by atoms with E-state index >= 15 is 0 Å². The van der Waals surface area contributed by atoms with Gasteiger partial charge in [-0.3, -0.25) is 0 Å². The molecule has 1 saturated carbocycles. The van der Waals surface area contributed by atoms with Gasteiger partial charge < -0.3 is 15.6 Å². The maximum Gasteiger partial charge on any atom is 0.125 e. The molecule has 0 aliphatic heterocycles. The van der Waals surface area contributed by atoms with E-state index in [9.17, 15) is 9.50 Å². The van der Waals surface area contributed by atoms with Crippen molar-refractivity contribution in [3.8, 4) is 5.75 Å². The maximum absolute atomic E-state index is 12.7. The quantitative estimate of drug-likeness (QED) is 0.815. The number of ether oxygens (including phenoxy) is 1. The average Bonchev–Trinajstić information content (AvgIpc) is 2.63. The van der Waals surface area contributed by atoms with Gasteiger partial charge >= 0.3 is 0 Å². The highest BCUT2D eigenvalue weighted by Crippen LogP contribution is 2.29. The summed E-state index contributed by atoms with van der Waals surface area (Å²) in [6.07, 6.45) is 0.929. The van der Waals surface area contributed by atoms with E-state index in [0.717, 1.165) is 12.8 Å². The summed E-state index contributed by atoms with van der Waals surface area (Å²) in [5.41, 5.74) is 5.53. The van der Waals surface area contributed by atoms with Crippen LogP contribution in [-0.2, 0) is 0 Å². The summed E-state index contributed by atoms with van der Waals surface area (Å²) in [5.74, 6) is 0.410. The van der Waals surface area contributed by atoms with Crippen LogP contribution in [0.3, 0.4) is 0 Å². The van der Waals surface area contributed by atoms with Gasteiger partial charge in [0.1, 0.15) is 17.7 Å². The van der Waals surface area contributed by atoms with Crippen molar-refractivity contribution in [3.63, 3.8) is 0 Å². The molecule has 1 aliphatic carbocycles. The van der Waals surface area contributed by atoms with Crippen LogP contribution in [-0.4, -0.2) is 23.9 Å². The van der Waals surface area contributed by atoms with Crippen LogP contribution in [0.25, 0.3) is 0 Å². The van der Waals surface area contributed by atoms with Gasteiger partial charge in [-0.15, -0.1) is 0 Å². The lowest BCUT2D eigenvalue weighted by molar-refractivity contribution is 0.0370. The molecular weight excluding hydrogens is 209 g/mol. The second-order valence-electron chi connectivity index (χ2n) is 4.17. The van der Waals surface area contributed by atoms with Crippen LogP contribution in [0, 0.1) is 11.7 Å². The second kappa shape index (κ2) is 4.80. The Hall–Kier alpha value is -1.13. The molecule has 1 aliphatic rings. The fourth-order valence-electron chi connectivity index (χ4n) is 2.10. The minimum absolute atomic E-state index is 0.116. The van der Waals surface area contributed by atoms with E-state index in [1.807, 2.05) is 0 Å². The molecule has 16 heavy (non-hydrogen) atoms. The number of halogens is 1. The first-order valence-electron chi connectivity index (χ1n) is 5.51. The normalized spacial score (nSPS) is 29.3. The zero-order valence-corrected chi connectivity index (χ0v) is 8.97. The summed E-state index contributed by atoms with van der Waals surface area (Å²) in [4.78, 5) is 0. The van der Waals surface area contributed by atoms with E-state index in [0.29, 0.717) is 12.3 Å². The Labute approximate surface area is 94.0 Å². The molecule has 1 aromatic carbocycles. The number of hydrogen-bond donors (Lipinski definition) is 2. The Bertz CT molecular complexity index is 341. The summed E-state index contributed by atoms with van der Waals surface area (Å²) in [7, 11) is 0. The topological polar surface area (TPSA) is 55.5 Å². The highest BCUT2D eigenvalue weighted by atomic mass is 19.1. The first kappa shape index (κ1) is 11.4. The molecule has 0 spiro atoms. The number of rotatable bonds is 3. The zero-order chi connectivity index (χ0) is 11.5. The van der Waals surface area contributed by atoms with Crippen LogP contribution in [0.4, 0.5) is 4.39 Å². The van der Waals surface area contributed by atoms with Crippen molar-refractivity contribution < 1.29 is 14.2 Å². The Morgan fingerprint density at radius 1 is 1.31 bits per heavy atom. The van der Waals surface area contributed by atoms with Gasteiger partial charge in [0.15, 0.2) is 0 Å². The number of benzene rings is 1. The average molecular weight is 225 g/mol. The largest absolute Gasteiger partial charge is 0.488 e. The molecule has 0 bridgehead atoms. The van der Waals surface area contributed by atoms with Gasteiger partial charge in [0.2, 0.25) is 0 Å². The Balaban J connectivity index is 1.98. The van der Waals surface area contributed by atoms with Crippen LogP contribution in [0.15, 0.2) is 24.3 Å². The molecule has 4 heteroatoms. The van der Waals surface area contributed by atoms with Crippen molar-refractivity contribution in [2.45, 2.75) is 25.0 Å². The third-order valence-electron chi connectivity index (χ3n) is 3.09. The minimum atomic E-state index is -0.518. The monoisotopic (exact) mass is 225 g/mol. The zero-order valence-electron chi connectivity index (χ0n) is 8.97. The molecule has 0 radical (unpaired) electrons. The lowest BCUT2D eigenvalue weighted by atomic mass is 10.1. The molecule has 0 heterocycles.